The molecule has 4 heteroatoms. The lowest BCUT2D eigenvalue weighted by Crippen LogP contribution is -2.12. The molecule has 0 aromatic heterocycles. The normalized spacial score (nSPS) is 12.0. The van der Waals surface area contributed by atoms with Crippen LogP contribution in [0.3, 0.4) is 0 Å². The van der Waals surface area contributed by atoms with Crippen LogP contribution in [0.1, 0.15) is 18.5 Å². The van der Waals surface area contributed by atoms with Gasteiger partial charge in [-0.15, -0.1) is 0 Å². The first-order chi connectivity index (χ1) is 10.1. The third-order valence-electron chi connectivity index (χ3n) is 3.62. The van der Waals surface area contributed by atoms with Crippen LogP contribution in [0.2, 0.25) is 5.02 Å². The maximum Gasteiger partial charge on any atom is 0.130 e. The van der Waals surface area contributed by atoms with E-state index in [2.05, 4.69) is 12.2 Å². The molecule has 3 nitrogen and oxygen atoms in total. The average Bonchev–Trinajstić information content (AvgIpc) is 2.53. The molecule has 1 unspecified atom stereocenters. The van der Waals surface area contributed by atoms with E-state index in [0.29, 0.717) is 0 Å². The molecule has 0 heterocycles. The highest BCUT2D eigenvalue weighted by Crippen LogP contribution is 2.40. The standard InChI is InChI=1S/C17H20ClNO2/c1-11(19-2)13-9-8-12(10-14(13)18)17-15(20-3)6-5-7-16(17)21-4/h5-11,19H,1-4H3. The molecule has 0 radical (unpaired) electrons. The lowest BCUT2D eigenvalue weighted by Gasteiger charge is -2.16. The van der Waals surface area contributed by atoms with Gasteiger partial charge in [-0.1, -0.05) is 29.8 Å². The van der Waals surface area contributed by atoms with Crippen LogP contribution in [-0.2, 0) is 0 Å². The Balaban J connectivity index is 2.55. The summed E-state index contributed by atoms with van der Waals surface area (Å²) in [5.41, 5.74) is 2.95. The zero-order chi connectivity index (χ0) is 15.4. The number of methoxy groups -OCH3 is 2. The van der Waals surface area contributed by atoms with E-state index in [1.54, 1.807) is 14.2 Å². The molecule has 0 saturated carbocycles. The summed E-state index contributed by atoms with van der Waals surface area (Å²) in [4.78, 5) is 0. The van der Waals surface area contributed by atoms with Crippen molar-refractivity contribution in [1.82, 2.24) is 5.32 Å². The molecule has 0 fully saturated rings. The number of benzene rings is 2. The zero-order valence-corrected chi connectivity index (χ0v) is 13.5. The predicted octanol–water partition coefficient (Wildman–Crippen LogP) is 4.30. The fraction of sp³-hybridized carbons (Fsp3) is 0.294. The maximum atomic E-state index is 6.42. The van der Waals surface area contributed by atoms with Gasteiger partial charge in [-0.3, -0.25) is 0 Å². The van der Waals surface area contributed by atoms with E-state index < -0.39 is 0 Å². The molecule has 2 aromatic rings. The summed E-state index contributed by atoms with van der Waals surface area (Å²) in [6.45, 7) is 2.07. The van der Waals surface area contributed by atoms with Crippen molar-refractivity contribution in [3.63, 3.8) is 0 Å². The molecule has 0 aliphatic heterocycles. The van der Waals surface area contributed by atoms with Crippen molar-refractivity contribution in [3.8, 4) is 22.6 Å². The lowest BCUT2D eigenvalue weighted by atomic mass is 9.99. The van der Waals surface area contributed by atoms with Gasteiger partial charge >= 0.3 is 0 Å². The Labute approximate surface area is 130 Å². The van der Waals surface area contributed by atoms with Gasteiger partial charge in [-0.2, -0.15) is 0 Å². The summed E-state index contributed by atoms with van der Waals surface area (Å²) in [6.07, 6.45) is 0. The van der Waals surface area contributed by atoms with Crippen molar-refractivity contribution in [1.29, 1.82) is 0 Å². The first-order valence-corrected chi connectivity index (χ1v) is 7.18. The van der Waals surface area contributed by atoms with Crippen LogP contribution < -0.4 is 14.8 Å². The molecular weight excluding hydrogens is 286 g/mol. The van der Waals surface area contributed by atoms with Crippen molar-refractivity contribution < 1.29 is 9.47 Å². The maximum absolute atomic E-state index is 6.42. The number of rotatable bonds is 5. The van der Waals surface area contributed by atoms with Crippen molar-refractivity contribution in [2.75, 3.05) is 21.3 Å². The Morgan fingerprint density at radius 2 is 1.67 bits per heavy atom. The molecule has 2 rings (SSSR count). The van der Waals surface area contributed by atoms with Crippen molar-refractivity contribution >= 4 is 11.6 Å². The molecule has 1 atom stereocenters. The molecule has 2 aromatic carbocycles. The second-order valence-electron chi connectivity index (χ2n) is 4.78. The summed E-state index contributed by atoms with van der Waals surface area (Å²) in [6, 6.07) is 11.9. The fourth-order valence-corrected chi connectivity index (χ4v) is 2.67. The zero-order valence-electron chi connectivity index (χ0n) is 12.7. The molecule has 0 spiro atoms. The second kappa shape index (κ2) is 6.83. The second-order valence-corrected chi connectivity index (χ2v) is 5.19. The molecule has 0 bridgehead atoms. The molecule has 21 heavy (non-hydrogen) atoms. The van der Waals surface area contributed by atoms with Crippen LogP contribution in [0.25, 0.3) is 11.1 Å². The van der Waals surface area contributed by atoms with E-state index in [1.165, 1.54) is 0 Å². The van der Waals surface area contributed by atoms with Gasteiger partial charge in [-0.05, 0) is 43.3 Å². The van der Waals surface area contributed by atoms with Crippen LogP contribution >= 0.6 is 11.6 Å². The number of ether oxygens (including phenoxy) is 2. The summed E-state index contributed by atoms with van der Waals surface area (Å²) >= 11 is 6.42. The molecular formula is C17H20ClNO2. The lowest BCUT2D eigenvalue weighted by molar-refractivity contribution is 0.397. The Bertz CT molecular complexity index is 606. The quantitative estimate of drug-likeness (QED) is 0.893. The minimum absolute atomic E-state index is 0.200. The minimum atomic E-state index is 0.200. The van der Waals surface area contributed by atoms with Crippen LogP contribution in [0.5, 0.6) is 11.5 Å². The van der Waals surface area contributed by atoms with E-state index in [4.69, 9.17) is 21.1 Å². The third-order valence-corrected chi connectivity index (χ3v) is 3.94. The van der Waals surface area contributed by atoms with E-state index in [0.717, 1.165) is 33.2 Å². The Hall–Kier alpha value is -1.71. The predicted molar refractivity (Wildman–Crippen MR) is 87.5 cm³/mol. The summed E-state index contributed by atoms with van der Waals surface area (Å²) in [7, 11) is 5.22. The van der Waals surface area contributed by atoms with Gasteiger partial charge in [0.1, 0.15) is 11.5 Å². The van der Waals surface area contributed by atoms with Crippen LogP contribution in [0.4, 0.5) is 0 Å². The van der Waals surface area contributed by atoms with E-state index in [-0.39, 0.29) is 6.04 Å². The molecule has 0 saturated heterocycles. The first-order valence-electron chi connectivity index (χ1n) is 6.80. The summed E-state index contributed by atoms with van der Waals surface area (Å²) in [5, 5.41) is 3.92. The molecule has 0 amide bonds. The topological polar surface area (TPSA) is 30.5 Å². The summed E-state index contributed by atoms with van der Waals surface area (Å²) in [5.74, 6) is 1.53. The van der Waals surface area contributed by atoms with Crippen molar-refractivity contribution in [2.24, 2.45) is 0 Å². The van der Waals surface area contributed by atoms with Gasteiger partial charge in [0.2, 0.25) is 0 Å². The van der Waals surface area contributed by atoms with Gasteiger partial charge in [0.25, 0.3) is 0 Å². The highest BCUT2D eigenvalue weighted by Gasteiger charge is 2.15. The SMILES string of the molecule is CNC(C)c1ccc(-c2c(OC)cccc2OC)cc1Cl. The van der Waals surface area contributed by atoms with Crippen LogP contribution in [0.15, 0.2) is 36.4 Å². The van der Waals surface area contributed by atoms with Gasteiger partial charge in [-0.25, -0.2) is 0 Å². The van der Waals surface area contributed by atoms with Crippen molar-refractivity contribution in [3.05, 3.63) is 47.0 Å². The number of hydrogen-bond donors (Lipinski definition) is 1. The molecule has 0 aliphatic carbocycles. The van der Waals surface area contributed by atoms with Crippen molar-refractivity contribution in [2.45, 2.75) is 13.0 Å². The van der Waals surface area contributed by atoms with Gasteiger partial charge in [0, 0.05) is 11.1 Å². The Kier molecular flexibility index (Phi) is 5.10. The highest BCUT2D eigenvalue weighted by atomic mass is 35.5. The minimum Gasteiger partial charge on any atom is -0.496 e. The average molecular weight is 306 g/mol. The largest absolute Gasteiger partial charge is 0.496 e. The van der Waals surface area contributed by atoms with Crippen LogP contribution in [0, 0.1) is 0 Å². The van der Waals surface area contributed by atoms with E-state index >= 15 is 0 Å². The summed E-state index contributed by atoms with van der Waals surface area (Å²) < 4.78 is 10.9. The first kappa shape index (κ1) is 15.7. The van der Waals surface area contributed by atoms with Gasteiger partial charge < -0.3 is 14.8 Å². The number of nitrogens with one attached hydrogen (secondary N) is 1. The Morgan fingerprint density at radius 1 is 1.05 bits per heavy atom. The van der Waals surface area contributed by atoms with Crippen LogP contribution in [-0.4, -0.2) is 21.3 Å². The monoisotopic (exact) mass is 305 g/mol. The van der Waals surface area contributed by atoms with E-state index in [9.17, 15) is 0 Å². The van der Waals surface area contributed by atoms with Gasteiger partial charge in [0.05, 0.1) is 19.8 Å². The molecule has 112 valence electrons. The number of hydrogen-bond acceptors (Lipinski definition) is 3. The molecule has 0 aliphatic rings. The molecule has 1 N–H and O–H groups in total. The smallest absolute Gasteiger partial charge is 0.130 e. The fourth-order valence-electron chi connectivity index (χ4n) is 2.33. The van der Waals surface area contributed by atoms with Gasteiger partial charge in [0.15, 0.2) is 0 Å². The Morgan fingerprint density at radius 3 is 2.14 bits per heavy atom. The highest BCUT2D eigenvalue weighted by molar-refractivity contribution is 6.31. The third kappa shape index (κ3) is 3.14. The van der Waals surface area contributed by atoms with E-state index in [1.807, 2.05) is 43.4 Å². The number of halogens is 1.